The molecule has 11 nitrogen and oxygen atoms in total. The number of carbonyl (C=O) groups is 3. The topological polar surface area (TPSA) is 146 Å². The fourth-order valence-electron chi connectivity index (χ4n) is 6.92. The van der Waals surface area contributed by atoms with Gasteiger partial charge in [-0.2, -0.15) is 0 Å². The van der Waals surface area contributed by atoms with Crippen LogP contribution in [0.15, 0.2) is 53.0 Å². The van der Waals surface area contributed by atoms with Crippen LogP contribution in [0.5, 0.6) is 11.5 Å². The summed E-state index contributed by atoms with van der Waals surface area (Å²) in [5.74, 6) is -2.50. The molecular formula is C38H43BrN2O9. The summed E-state index contributed by atoms with van der Waals surface area (Å²) in [4.78, 5) is 56.2. The molecule has 12 heteroatoms. The summed E-state index contributed by atoms with van der Waals surface area (Å²) < 4.78 is 18.3. The second-order valence-corrected chi connectivity index (χ2v) is 16.7. The molecule has 0 saturated carbocycles. The van der Waals surface area contributed by atoms with Gasteiger partial charge in [0.2, 0.25) is 6.10 Å². The molecule has 1 N–H and O–H groups in total. The molecule has 5 rings (SSSR count). The first-order valence-corrected chi connectivity index (χ1v) is 17.2. The smallest absolute Gasteiger partial charge is 0.421 e. The minimum Gasteiger partial charge on any atom is -0.507 e. The van der Waals surface area contributed by atoms with Gasteiger partial charge in [-0.25, -0.2) is 14.5 Å². The first kappa shape index (κ1) is 36.8. The number of hydrogen-bond acceptors (Lipinski definition) is 9. The Morgan fingerprint density at radius 3 is 2.10 bits per heavy atom. The Bertz CT molecular complexity index is 1880. The lowest BCUT2D eigenvalue weighted by atomic mass is 9.60. The van der Waals surface area contributed by atoms with Gasteiger partial charge in [0.05, 0.1) is 17.2 Å². The Kier molecular flexibility index (Phi) is 9.13. The molecule has 0 unspecified atom stereocenters. The number of phenols is 1. The number of nitro groups is 1. The third-order valence-electron chi connectivity index (χ3n) is 8.99. The van der Waals surface area contributed by atoms with Crippen molar-refractivity contribution in [2.24, 2.45) is 0 Å². The number of fused-ring (bicyclic) bond motifs is 3. The maximum absolute atomic E-state index is 15.5. The Labute approximate surface area is 300 Å². The number of aromatic hydroxyl groups is 1. The van der Waals surface area contributed by atoms with E-state index in [1.54, 1.807) is 58.0 Å². The first-order chi connectivity index (χ1) is 23.0. The van der Waals surface area contributed by atoms with Crippen molar-refractivity contribution in [1.82, 2.24) is 0 Å². The highest BCUT2D eigenvalue weighted by Gasteiger charge is 2.68. The van der Waals surface area contributed by atoms with Crippen LogP contribution < -0.4 is 9.64 Å². The van der Waals surface area contributed by atoms with E-state index in [2.05, 4.69) is 15.9 Å². The number of nitro benzene ring substituents is 1. The molecule has 0 bridgehead atoms. The molecule has 50 heavy (non-hydrogen) atoms. The summed E-state index contributed by atoms with van der Waals surface area (Å²) in [5, 5.41) is 24.0. The molecular weight excluding hydrogens is 708 g/mol. The molecule has 2 aliphatic heterocycles. The molecule has 2 amide bonds. The van der Waals surface area contributed by atoms with Gasteiger partial charge in [0.15, 0.2) is 0 Å². The third kappa shape index (κ3) is 6.12. The van der Waals surface area contributed by atoms with E-state index in [1.807, 2.05) is 41.5 Å². The molecule has 0 fully saturated rings. The van der Waals surface area contributed by atoms with Gasteiger partial charge in [-0.15, -0.1) is 0 Å². The number of rotatable bonds is 4. The fraction of sp³-hybridized carbons (Fsp3) is 0.447. The second kappa shape index (κ2) is 12.4. The van der Waals surface area contributed by atoms with Gasteiger partial charge in [-0.3, -0.25) is 14.9 Å². The summed E-state index contributed by atoms with van der Waals surface area (Å²) in [6, 6.07) is 12.5. The Hall–Kier alpha value is -4.45. The predicted molar refractivity (Wildman–Crippen MR) is 191 cm³/mol. The predicted octanol–water partition coefficient (Wildman–Crippen LogP) is 8.33. The van der Waals surface area contributed by atoms with Crippen molar-refractivity contribution >= 4 is 45.3 Å². The lowest BCUT2D eigenvalue weighted by molar-refractivity contribution is -0.384. The number of hydrogen-bond donors (Lipinski definition) is 1. The number of anilines is 1. The lowest BCUT2D eigenvalue weighted by Gasteiger charge is -2.46. The number of ether oxygens (including phenoxy) is 3. The summed E-state index contributed by atoms with van der Waals surface area (Å²) in [6.07, 6.45) is -2.72. The van der Waals surface area contributed by atoms with Crippen molar-refractivity contribution in [3.8, 4) is 11.5 Å². The van der Waals surface area contributed by atoms with Gasteiger partial charge in [0.25, 0.3) is 11.6 Å². The van der Waals surface area contributed by atoms with Gasteiger partial charge >= 0.3 is 12.1 Å². The molecule has 3 aromatic rings. The van der Waals surface area contributed by atoms with Gasteiger partial charge < -0.3 is 19.3 Å². The summed E-state index contributed by atoms with van der Waals surface area (Å²) in [6.45, 7) is 18.2. The van der Waals surface area contributed by atoms with Crippen molar-refractivity contribution in [2.75, 3.05) is 11.5 Å². The minimum atomic E-state index is -2.13. The lowest BCUT2D eigenvalue weighted by Crippen LogP contribution is -2.61. The SMILES string of the molecule is CCOC(=O)[C@H]1Oc2ccc(Br)cc2[C@@H](c2cc(C(C)(C)C)c(O)c(C(C)(C)C)c2)[C@]12C(=O)N(C(=O)OC(C)(C)C)c1ccc([N+](=O)[O-])cc12. The van der Waals surface area contributed by atoms with Gasteiger partial charge in [0.1, 0.15) is 22.5 Å². The summed E-state index contributed by atoms with van der Waals surface area (Å²) >= 11 is 3.56. The second-order valence-electron chi connectivity index (χ2n) is 15.8. The number of nitrogens with zero attached hydrogens (tertiary/aromatic N) is 2. The monoisotopic (exact) mass is 750 g/mol. The largest absolute Gasteiger partial charge is 0.507 e. The van der Waals surface area contributed by atoms with Gasteiger partial charge in [-0.05, 0) is 79.5 Å². The number of non-ortho nitro benzene ring substituents is 1. The van der Waals surface area contributed by atoms with Crippen LogP contribution in [0.1, 0.15) is 103 Å². The van der Waals surface area contributed by atoms with E-state index in [0.29, 0.717) is 26.7 Å². The number of benzene rings is 3. The standard InChI is InChI=1S/C38H43BrN2O9/c1-11-48-32(43)31-38(24-19-22(41(46)47)13-14-27(24)40(33(38)44)34(45)50-37(8,9)10)29(23-18-21(39)12-15-28(23)49-31)20-16-25(35(2,3)4)30(42)26(17-20)36(5,6)7/h12-19,29,31,42H,11H2,1-10H3/t29-,31-,38+/m1/s1. The van der Waals surface area contributed by atoms with E-state index < -0.39 is 56.8 Å². The molecule has 0 aliphatic carbocycles. The highest BCUT2D eigenvalue weighted by atomic mass is 79.9. The van der Waals surface area contributed by atoms with E-state index in [-0.39, 0.29) is 35.0 Å². The highest BCUT2D eigenvalue weighted by molar-refractivity contribution is 9.10. The van der Waals surface area contributed by atoms with Crippen LogP contribution in [0.4, 0.5) is 16.2 Å². The van der Waals surface area contributed by atoms with Crippen molar-refractivity contribution in [3.05, 3.63) is 90.9 Å². The third-order valence-corrected chi connectivity index (χ3v) is 9.48. The van der Waals surface area contributed by atoms with Crippen LogP contribution in [-0.2, 0) is 35.3 Å². The van der Waals surface area contributed by atoms with E-state index in [1.165, 1.54) is 18.2 Å². The maximum atomic E-state index is 15.5. The quantitative estimate of drug-likeness (QED) is 0.158. The molecule has 266 valence electrons. The average molecular weight is 752 g/mol. The number of phenolic OH excluding ortho intramolecular Hbond substituents is 1. The molecule has 0 aromatic heterocycles. The Morgan fingerprint density at radius 2 is 1.58 bits per heavy atom. The van der Waals surface area contributed by atoms with Crippen LogP contribution >= 0.6 is 15.9 Å². The normalized spacial score (nSPS) is 20.2. The van der Waals surface area contributed by atoms with Crippen LogP contribution in [0.25, 0.3) is 0 Å². The summed E-state index contributed by atoms with van der Waals surface area (Å²) in [5.41, 5.74) is -2.47. The first-order valence-electron chi connectivity index (χ1n) is 16.4. The van der Waals surface area contributed by atoms with Crippen LogP contribution in [0.3, 0.4) is 0 Å². The minimum absolute atomic E-state index is 0.0158. The maximum Gasteiger partial charge on any atom is 0.421 e. The van der Waals surface area contributed by atoms with E-state index in [4.69, 9.17) is 14.2 Å². The molecule has 2 heterocycles. The van der Waals surface area contributed by atoms with Crippen LogP contribution in [-0.4, -0.2) is 46.3 Å². The molecule has 3 atom stereocenters. The summed E-state index contributed by atoms with van der Waals surface area (Å²) in [7, 11) is 0. The van der Waals surface area contributed by atoms with Gasteiger partial charge in [-0.1, -0.05) is 69.6 Å². The Morgan fingerprint density at radius 1 is 0.980 bits per heavy atom. The van der Waals surface area contributed by atoms with Crippen molar-refractivity contribution in [3.63, 3.8) is 0 Å². The zero-order chi connectivity index (χ0) is 37.3. The number of amides is 2. The zero-order valence-electron chi connectivity index (χ0n) is 30.0. The van der Waals surface area contributed by atoms with Gasteiger partial charge in [0, 0.05) is 33.7 Å². The Balaban J connectivity index is 2.02. The highest BCUT2D eigenvalue weighted by Crippen LogP contribution is 2.61. The molecule has 0 saturated heterocycles. The average Bonchev–Trinajstić information content (AvgIpc) is 3.22. The van der Waals surface area contributed by atoms with Crippen LogP contribution in [0.2, 0.25) is 0 Å². The van der Waals surface area contributed by atoms with Crippen LogP contribution in [0, 0.1) is 10.1 Å². The van der Waals surface area contributed by atoms with E-state index in [9.17, 15) is 24.8 Å². The van der Waals surface area contributed by atoms with E-state index in [0.717, 1.165) is 4.90 Å². The van der Waals surface area contributed by atoms with Crippen molar-refractivity contribution in [1.29, 1.82) is 0 Å². The molecule has 1 spiro atoms. The number of esters is 1. The zero-order valence-corrected chi connectivity index (χ0v) is 31.6. The molecule has 2 aliphatic rings. The molecule has 0 radical (unpaired) electrons. The number of halogens is 1. The van der Waals surface area contributed by atoms with E-state index >= 15 is 4.79 Å². The number of carbonyl (C=O) groups excluding carboxylic acids is 3. The van der Waals surface area contributed by atoms with Crippen molar-refractivity contribution in [2.45, 2.75) is 103 Å². The van der Waals surface area contributed by atoms with Crippen molar-refractivity contribution < 1.29 is 38.6 Å². The molecule has 3 aromatic carbocycles. The number of imide groups is 1. The fourth-order valence-corrected chi connectivity index (χ4v) is 7.30.